The molecule has 69 heavy (non-hydrogen) atoms. The van der Waals surface area contributed by atoms with Crippen molar-refractivity contribution in [2.75, 3.05) is 13.2 Å². The number of aryl methyl sites for hydroxylation is 3. The molecule has 0 amide bonds. The molecule has 0 aliphatic carbocycles. The largest absolute Gasteiger partial charge is 0.482 e. The van der Waals surface area contributed by atoms with Crippen LogP contribution in [0.4, 0.5) is 0 Å². The molecular formula is C53H70N6O7S3. The van der Waals surface area contributed by atoms with E-state index in [1.54, 1.807) is 58.3 Å². The van der Waals surface area contributed by atoms with E-state index in [4.69, 9.17) is 18.9 Å². The van der Waals surface area contributed by atoms with Crippen LogP contribution in [0.3, 0.4) is 0 Å². The van der Waals surface area contributed by atoms with Gasteiger partial charge in [-0.25, -0.2) is 4.79 Å². The number of benzene rings is 3. The molecule has 0 spiro atoms. The second kappa shape index (κ2) is 28.7. The van der Waals surface area contributed by atoms with Crippen LogP contribution < -0.4 is 14.2 Å². The van der Waals surface area contributed by atoms with E-state index in [0.29, 0.717) is 17.2 Å². The zero-order valence-electron chi connectivity index (χ0n) is 40.8. The summed E-state index contributed by atoms with van der Waals surface area (Å²) < 4.78 is 25.9. The zero-order chi connectivity index (χ0) is 48.7. The molecule has 0 saturated heterocycles. The molecule has 2 atom stereocenters. The van der Waals surface area contributed by atoms with Crippen LogP contribution in [0.2, 0.25) is 0 Å². The smallest absolute Gasteiger partial charge is 0.397 e. The molecule has 6 aromatic rings. The Morgan fingerprint density at radius 3 is 1.23 bits per heavy atom. The van der Waals surface area contributed by atoms with Crippen molar-refractivity contribution in [2.24, 2.45) is 0 Å². The number of hydrogen-bond acceptors (Lipinski definition) is 16. The first kappa shape index (κ1) is 53.5. The van der Waals surface area contributed by atoms with Gasteiger partial charge in [-0.3, -0.25) is 0 Å². The highest BCUT2D eigenvalue weighted by Crippen LogP contribution is 2.36. The van der Waals surface area contributed by atoms with Crippen molar-refractivity contribution in [1.82, 2.24) is 30.6 Å². The van der Waals surface area contributed by atoms with Crippen LogP contribution in [0.1, 0.15) is 145 Å². The first-order chi connectivity index (χ1) is 33.8. The maximum atomic E-state index is 14.7. The average Bonchev–Trinajstić information content (AvgIpc) is 4.18. The number of aliphatic hydroxyl groups excluding tert-OH is 2. The second-order valence-corrected chi connectivity index (χ2v) is 20.6. The summed E-state index contributed by atoms with van der Waals surface area (Å²) in [4.78, 5) is 14.7. The first-order valence-corrected chi connectivity index (χ1v) is 27.5. The van der Waals surface area contributed by atoms with Crippen molar-refractivity contribution >= 4 is 40.0 Å². The highest BCUT2D eigenvalue weighted by Gasteiger charge is 2.55. The highest BCUT2D eigenvalue weighted by molar-refractivity contribution is 7.15. The van der Waals surface area contributed by atoms with E-state index < -0.39 is 37.2 Å². The van der Waals surface area contributed by atoms with Crippen molar-refractivity contribution in [2.45, 2.75) is 168 Å². The van der Waals surface area contributed by atoms with E-state index in [2.05, 4.69) is 51.4 Å². The first-order valence-electron chi connectivity index (χ1n) is 25.1. The molecule has 6 rings (SSSR count). The number of unbranched alkanes of at least 4 members (excludes halogenated alkanes) is 12. The van der Waals surface area contributed by atoms with Crippen LogP contribution in [0.5, 0.6) is 17.2 Å². The number of nitrogens with zero attached hydrogens (tertiary/aromatic N) is 6. The van der Waals surface area contributed by atoms with Crippen LogP contribution in [0, 0.1) is 0 Å². The molecule has 3 aromatic carbocycles. The van der Waals surface area contributed by atoms with E-state index >= 15 is 0 Å². The number of hydrogen-bond donors (Lipinski definition) is 2. The van der Waals surface area contributed by atoms with Gasteiger partial charge in [0.15, 0.2) is 6.10 Å². The summed E-state index contributed by atoms with van der Waals surface area (Å²) in [7, 11) is 0. The van der Waals surface area contributed by atoms with E-state index in [9.17, 15) is 15.0 Å². The van der Waals surface area contributed by atoms with Crippen molar-refractivity contribution in [1.29, 1.82) is 0 Å². The maximum Gasteiger partial charge on any atom is 0.397 e. The van der Waals surface area contributed by atoms with Gasteiger partial charge in [0.2, 0.25) is 0 Å². The van der Waals surface area contributed by atoms with Gasteiger partial charge in [0.1, 0.15) is 60.0 Å². The molecule has 372 valence electrons. The molecule has 16 heteroatoms. The Bertz CT molecular complexity index is 2270. The fourth-order valence-corrected chi connectivity index (χ4v) is 10.4. The van der Waals surface area contributed by atoms with Crippen molar-refractivity contribution in [3.63, 3.8) is 0 Å². The van der Waals surface area contributed by atoms with Gasteiger partial charge < -0.3 is 29.2 Å². The van der Waals surface area contributed by atoms with Gasteiger partial charge in [-0.15, -0.1) is 30.6 Å². The summed E-state index contributed by atoms with van der Waals surface area (Å²) in [5, 5.41) is 52.2. The van der Waals surface area contributed by atoms with Gasteiger partial charge in [0.05, 0.1) is 6.61 Å². The quantitative estimate of drug-likeness (QED) is 0.0227. The molecule has 0 aliphatic rings. The van der Waals surface area contributed by atoms with Gasteiger partial charge in [-0.1, -0.05) is 139 Å². The molecular weight excluding hydrogens is 929 g/mol. The highest BCUT2D eigenvalue weighted by atomic mass is 32.1. The van der Waals surface area contributed by atoms with Crippen LogP contribution in [0.15, 0.2) is 72.8 Å². The predicted octanol–water partition coefficient (Wildman–Crippen LogP) is 12.7. The van der Waals surface area contributed by atoms with E-state index in [0.717, 1.165) is 85.3 Å². The Hall–Kier alpha value is -4.87. The number of ether oxygens (including phenoxy) is 4. The molecule has 13 nitrogen and oxygen atoms in total. The molecule has 0 aliphatic heterocycles. The number of rotatable bonds is 33. The van der Waals surface area contributed by atoms with Gasteiger partial charge in [0.25, 0.3) is 0 Å². The summed E-state index contributed by atoms with van der Waals surface area (Å²) >= 11 is 4.73. The minimum Gasteiger partial charge on any atom is -0.482 e. The predicted molar refractivity (Wildman–Crippen MR) is 276 cm³/mol. The lowest BCUT2D eigenvalue weighted by Crippen LogP contribution is -2.61. The van der Waals surface area contributed by atoms with Crippen molar-refractivity contribution in [3.05, 3.63) is 87.8 Å². The monoisotopic (exact) mass is 998 g/mol. The average molecular weight is 999 g/mol. The molecule has 0 fully saturated rings. The molecule has 0 bridgehead atoms. The molecule has 2 unspecified atom stereocenters. The van der Waals surface area contributed by atoms with E-state index in [1.807, 2.05) is 55.5 Å². The third kappa shape index (κ3) is 16.3. The number of aromatic nitrogens is 6. The lowest BCUT2D eigenvalue weighted by molar-refractivity contribution is -0.217. The number of carbonyl (C=O) groups excluding carboxylic acids is 1. The number of carbonyl (C=O) groups is 1. The van der Waals surface area contributed by atoms with Gasteiger partial charge in [-0.05, 0) is 98.5 Å². The van der Waals surface area contributed by atoms with E-state index in [1.165, 1.54) is 77.0 Å². The lowest BCUT2D eigenvalue weighted by atomic mass is 10.1. The summed E-state index contributed by atoms with van der Waals surface area (Å²) in [6.45, 7) is 7.39. The molecule has 3 aromatic heterocycles. The van der Waals surface area contributed by atoms with Gasteiger partial charge in [0, 0.05) is 36.0 Å². The Labute approximate surface area is 420 Å². The zero-order valence-corrected chi connectivity index (χ0v) is 43.2. The van der Waals surface area contributed by atoms with Gasteiger partial charge in [-0.2, -0.15) is 0 Å². The molecule has 0 radical (unpaired) electrons. The fourth-order valence-electron chi connectivity index (χ4n) is 7.70. The third-order valence-electron chi connectivity index (χ3n) is 11.7. The Morgan fingerprint density at radius 2 is 0.884 bits per heavy atom. The molecule has 3 heterocycles. The normalized spacial score (nSPS) is 12.5. The van der Waals surface area contributed by atoms with Crippen LogP contribution in [-0.4, -0.2) is 78.0 Å². The van der Waals surface area contributed by atoms with Crippen LogP contribution in [0.25, 0.3) is 31.7 Å². The minimum absolute atomic E-state index is 0.228. The summed E-state index contributed by atoms with van der Waals surface area (Å²) in [6.07, 6.45) is 18.3. The summed E-state index contributed by atoms with van der Waals surface area (Å²) in [5.74, 6) is -2.18. The lowest BCUT2D eigenvalue weighted by Gasteiger charge is -2.37. The molecule has 0 saturated carbocycles. The fraction of sp³-hybridized carbons (Fsp3) is 0.528. The SMILES string of the molecule is CCCCCCCc1nnc(-c2ccc(OC(CC)C(Oc3ccc(-c4nnc(CCCCCCC)s4)cc3)(Oc3ccc(-c4nnc(CCCCCCC)s4)cc3)C(=O)OCC(O)CO)cc2)s1. The summed E-state index contributed by atoms with van der Waals surface area (Å²) in [6, 6.07) is 21.9. The van der Waals surface area contributed by atoms with Crippen LogP contribution in [-0.2, 0) is 28.8 Å². The van der Waals surface area contributed by atoms with E-state index in [-0.39, 0.29) is 6.42 Å². The van der Waals surface area contributed by atoms with Crippen molar-refractivity contribution < 1.29 is 34.0 Å². The Balaban J connectivity index is 1.28. The Morgan fingerprint density at radius 1 is 0.522 bits per heavy atom. The number of aliphatic hydroxyl groups is 2. The van der Waals surface area contributed by atoms with Crippen molar-refractivity contribution in [3.8, 4) is 49.0 Å². The molecule has 2 N–H and O–H groups in total. The number of esters is 1. The van der Waals surface area contributed by atoms with Crippen LogP contribution >= 0.6 is 34.0 Å². The summed E-state index contributed by atoms with van der Waals surface area (Å²) in [5.41, 5.74) is 2.59. The maximum absolute atomic E-state index is 14.7. The third-order valence-corrected chi connectivity index (χ3v) is 14.8. The Kier molecular flexibility index (Phi) is 22.3. The minimum atomic E-state index is -2.27. The second-order valence-electron chi connectivity index (χ2n) is 17.4. The standard InChI is InChI=1S/C53H70N6O7S3/c1-5-9-12-15-18-21-46-54-57-49(67-46)38-24-30-42(31-25-38)64-45(8-4)53(52(62)63-37-41(61)36-60,65-43-32-26-39(27-33-43)50-58-55-47(68-50)22-19-16-13-10-6-2)66-44-34-28-40(29-35-44)51-59-56-48(69-51)23-20-17-14-11-7-3/h24-35,41,45,60-61H,5-23,36-37H2,1-4H3. The topological polar surface area (TPSA) is 172 Å². The van der Waals surface area contributed by atoms with Gasteiger partial charge >= 0.3 is 11.8 Å².